The Labute approximate surface area is 190 Å². The summed E-state index contributed by atoms with van der Waals surface area (Å²) in [5.41, 5.74) is 1.50. The van der Waals surface area contributed by atoms with E-state index >= 15 is 0 Å². The van der Waals surface area contributed by atoms with Crippen molar-refractivity contribution in [2.75, 3.05) is 5.32 Å². The zero-order valence-corrected chi connectivity index (χ0v) is 17.8. The Balaban J connectivity index is 1.34. The zero-order chi connectivity index (χ0) is 22.5. The van der Waals surface area contributed by atoms with E-state index in [9.17, 15) is 13.6 Å². The summed E-state index contributed by atoms with van der Waals surface area (Å²) in [6.45, 7) is -2.75. The van der Waals surface area contributed by atoms with Gasteiger partial charge < -0.3 is 9.47 Å². The van der Waals surface area contributed by atoms with Gasteiger partial charge in [-0.2, -0.15) is 13.9 Å². The molecule has 0 atom stereocenters. The lowest BCUT2D eigenvalue weighted by atomic mass is 10.2. The van der Waals surface area contributed by atoms with Crippen molar-refractivity contribution in [3.8, 4) is 22.8 Å². The van der Waals surface area contributed by atoms with Crippen LogP contribution in [0.4, 0.5) is 13.9 Å². The normalized spacial score (nSPS) is 10.9. The number of hydrogen-bond acceptors (Lipinski definition) is 6. The van der Waals surface area contributed by atoms with Gasteiger partial charge in [-0.25, -0.2) is 9.67 Å². The number of rotatable bonds is 8. The molecule has 0 spiro atoms. The Kier molecular flexibility index (Phi) is 6.62. The van der Waals surface area contributed by atoms with Gasteiger partial charge in [0.15, 0.2) is 17.6 Å². The summed E-state index contributed by atoms with van der Waals surface area (Å²) in [5.74, 6) is 0.264. The lowest BCUT2D eigenvalue weighted by Crippen LogP contribution is -2.14. The Bertz CT molecular complexity index is 1200. The van der Waals surface area contributed by atoms with Crippen LogP contribution in [0.5, 0.6) is 11.5 Å². The van der Waals surface area contributed by atoms with E-state index in [0.717, 1.165) is 0 Å². The van der Waals surface area contributed by atoms with Gasteiger partial charge >= 0.3 is 6.61 Å². The number of carbonyl (C=O) groups is 1. The van der Waals surface area contributed by atoms with Crippen LogP contribution < -0.4 is 14.8 Å². The molecule has 0 radical (unpaired) electrons. The van der Waals surface area contributed by atoms with Gasteiger partial charge in [-0.05, 0) is 54.6 Å². The summed E-state index contributed by atoms with van der Waals surface area (Å²) in [6.07, 6.45) is 1.63. The Morgan fingerprint density at radius 1 is 1.09 bits per heavy atom. The van der Waals surface area contributed by atoms with Crippen LogP contribution in [-0.4, -0.2) is 27.3 Å². The Hall–Kier alpha value is -3.50. The quantitative estimate of drug-likeness (QED) is 0.360. The molecule has 32 heavy (non-hydrogen) atoms. The molecule has 0 aliphatic heterocycles. The van der Waals surface area contributed by atoms with E-state index < -0.39 is 12.5 Å². The summed E-state index contributed by atoms with van der Waals surface area (Å²) in [7, 11) is 0. The number of benzene rings is 2. The highest BCUT2D eigenvalue weighted by atomic mass is 35.5. The third kappa shape index (κ3) is 5.59. The first-order valence-corrected chi connectivity index (χ1v) is 10.5. The highest BCUT2D eigenvalue weighted by Gasteiger charge is 2.13. The van der Waals surface area contributed by atoms with Gasteiger partial charge in [-0.3, -0.25) is 10.1 Å². The number of halogens is 3. The molecule has 11 heteroatoms. The number of alkyl halides is 2. The van der Waals surface area contributed by atoms with Crippen LogP contribution in [0.15, 0.2) is 66.2 Å². The monoisotopic (exact) mass is 476 g/mol. The lowest BCUT2D eigenvalue weighted by molar-refractivity contribution is -0.0498. The summed E-state index contributed by atoms with van der Waals surface area (Å²) in [6, 6.07) is 14.5. The Morgan fingerprint density at radius 2 is 1.81 bits per heavy atom. The first kappa shape index (κ1) is 21.7. The average Bonchev–Trinajstić information content (AvgIpc) is 3.43. The van der Waals surface area contributed by atoms with Crippen molar-refractivity contribution >= 4 is 34.0 Å². The molecule has 1 N–H and O–H groups in total. The van der Waals surface area contributed by atoms with Gasteiger partial charge in [0.25, 0.3) is 5.91 Å². The second kappa shape index (κ2) is 9.75. The number of ether oxygens (including phenoxy) is 2. The molecular weight excluding hydrogens is 462 g/mol. The first-order valence-electron chi connectivity index (χ1n) is 9.20. The zero-order valence-electron chi connectivity index (χ0n) is 16.2. The van der Waals surface area contributed by atoms with Gasteiger partial charge in [-0.1, -0.05) is 11.6 Å². The SMILES string of the molecule is O=C(Nc1nc(-c2ccc(OC(F)F)cc2)cs1)c1ccn(COc2ccc(Cl)cc2)n1. The standard InChI is InChI=1S/C21H15ClF2N4O3S/c22-14-3-7-15(8-4-14)30-12-28-10-9-17(27-28)19(29)26-21-25-18(11-32-21)13-1-5-16(6-2-13)31-20(23)24/h1-11,20H,12H2,(H,25,26,29). The van der Waals surface area contributed by atoms with Crippen molar-refractivity contribution in [3.05, 3.63) is 76.9 Å². The van der Waals surface area contributed by atoms with Crippen molar-refractivity contribution < 1.29 is 23.0 Å². The third-order valence-corrected chi connectivity index (χ3v) is 5.16. The molecule has 0 unspecified atom stereocenters. The molecule has 1 amide bonds. The largest absolute Gasteiger partial charge is 0.471 e. The molecule has 0 bridgehead atoms. The lowest BCUT2D eigenvalue weighted by Gasteiger charge is -2.06. The summed E-state index contributed by atoms with van der Waals surface area (Å²) >= 11 is 7.07. The maximum absolute atomic E-state index is 12.5. The number of nitrogens with zero attached hydrogens (tertiary/aromatic N) is 3. The van der Waals surface area contributed by atoms with Gasteiger partial charge in [0.1, 0.15) is 11.5 Å². The molecule has 0 aliphatic rings. The number of anilines is 1. The van der Waals surface area contributed by atoms with E-state index in [1.807, 2.05) is 0 Å². The predicted octanol–water partition coefficient (Wildman–Crippen LogP) is 5.55. The molecule has 0 aliphatic carbocycles. The fourth-order valence-electron chi connectivity index (χ4n) is 2.66. The van der Waals surface area contributed by atoms with Crippen molar-refractivity contribution in [1.82, 2.24) is 14.8 Å². The maximum atomic E-state index is 12.5. The molecule has 0 saturated heterocycles. The summed E-state index contributed by atoms with van der Waals surface area (Å²) < 4.78 is 35.9. The van der Waals surface area contributed by atoms with E-state index in [2.05, 4.69) is 20.1 Å². The number of nitrogens with one attached hydrogen (secondary N) is 1. The number of carbonyl (C=O) groups excluding carboxylic acids is 1. The van der Waals surface area contributed by atoms with Crippen molar-refractivity contribution in [1.29, 1.82) is 0 Å². The maximum Gasteiger partial charge on any atom is 0.387 e. The van der Waals surface area contributed by atoms with Crippen LogP contribution in [0, 0.1) is 0 Å². The minimum atomic E-state index is -2.88. The fourth-order valence-corrected chi connectivity index (χ4v) is 3.50. The van der Waals surface area contributed by atoms with Gasteiger partial charge in [0.05, 0.1) is 5.69 Å². The van der Waals surface area contributed by atoms with E-state index in [1.54, 1.807) is 54.0 Å². The summed E-state index contributed by atoms with van der Waals surface area (Å²) in [5, 5.41) is 9.62. The smallest absolute Gasteiger partial charge is 0.387 e. The predicted molar refractivity (Wildman–Crippen MR) is 116 cm³/mol. The van der Waals surface area contributed by atoms with Crippen molar-refractivity contribution in [2.24, 2.45) is 0 Å². The summed E-state index contributed by atoms with van der Waals surface area (Å²) in [4.78, 5) is 16.8. The van der Waals surface area contributed by atoms with Crippen LogP contribution in [0.1, 0.15) is 10.5 Å². The van der Waals surface area contributed by atoms with Crippen LogP contribution in [-0.2, 0) is 6.73 Å². The minimum absolute atomic E-state index is 0.0585. The molecule has 4 rings (SSSR count). The number of thiazole rings is 1. The minimum Gasteiger partial charge on any atom is -0.471 e. The second-order valence-electron chi connectivity index (χ2n) is 6.36. The highest BCUT2D eigenvalue weighted by molar-refractivity contribution is 7.14. The molecule has 0 fully saturated rings. The van der Waals surface area contributed by atoms with Crippen molar-refractivity contribution in [3.63, 3.8) is 0 Å². The highest BCUT2D eigenvalue weighted by Crippen LogP contribution is 2.27. The first-order chi connectivity index (χ1) is 15.5. The molecule has 2 heterocycles. The molecule has 2 aromatic heterocycles. The number of hydrogen-bond donors (Lipinski definition) is 1. The molecule has 0 saturated carbocycles. The van der Waals surface area contributed by atoms with E-state index in [-0.39, 0.29) is 18.2 Å². The number of aromatic nitrogens is 3. The van der Waals surface area contributed by atoms with E-state index in [0.29, 0.717) is 27.2 Å². The second-order valence-corrected chi connectivity index (χ2v) is 7.66. The molecular formula is C21H15ClF2N4O3S. The molecule has 7 nitrogen and oxygen atoms in total. The third-order valence-electron chi connectivity index (χ3n) is 4.15. The topological polar surface area (TPSA) is 78.3 Å². The fraction of sp³-hybridized carbons (Fsp3) is 0.0952. The van der Waals surface area contributed by atoms with Gasteiger partial charge in [0.2, 0.25) is 0 Å². The Morgan fingerprint density at radius 3 is 2.53 bits per heavy atom. The van der Waals surface area contributed by atoms with Gasteiger partial charge in [0, 0.05) is 22.2 Å². The van der Waals surface area contributed by atoms with Gasteiger partial charge in [-0.15, -0.1) is 11.3 Å². The number of amides is 1. The van der Waals surface area contributed by atoms with E-state index in [4.69, 9.17) is 16.3 Å². The van der Waals surface area contributed by atoms with Crippen LogP contribution in [0.3, 0.4) is 0 Å². The average molecular weight is 477 g/mol. The molecule has 164 valence electrons. The molecule has 2 aromatic carbocycles. The molecule has 4 aromatic rings. The van der Waals surface area contributed by atoms with Crippen LogP contribution in [0.25, 0.3) is 11.3 Å². The van der Waals surface area contributed by atoms with E-state index in [1.165, 1.54) is 28.2 Å². The van der Waals surface area contributed by atoms with Crippen LogP contribution >= 0.6 is 22.9 Å². The van der Waals surface area contributed by atoms with Crippen LogP contribution in [0.2, 0.25) is 5.02 Å². The van der Waals surface area contributed by atoms with Crippen molar-refractivity contribution in [2.45, 2.75) is 13.3 Å².